The number of hydrogen-bond donors (Lipinski definition) is 1. The number of carbonyl (C=O) groups excluding carboxylic acids is 1. The van der Waals surface area contributed by atoms with Gasteiger partial charge in [-0.1, -0.05) is 64.0 Å². The molecule has 0 saturated heterocycles. The molecule has 0 spiro atoms. The van der Waals surface area contributed by atoms with Crippen molar-refractivity contribution in [3.63, 3.8) is 0 Å². The first-order chi connectivity index (χ1) is 16.8. The first kappa shape index (κ1) is 24.2. The minimum absolute atomic E-state index is 0.000300. The Labute approximate surface area is 211 Å². The maximum atomic E-state index is 13.0. The summed E-state index contributed by atoms with van der Waals surface area (Å²) in [4.78, 5) is 12.8. The van der Waals surface area contributed by atoms with Crippen LogP contribution in [0.1, 0.15) is 11.1 Å². The molecule has 0 atom stereocenters. The summed E-state index contributed by atoms with van der Waals surface area (Å²) in [6.45, 7) is 1.85. The van der Waals surface area contributed by atoms with E-state index in [9.17, 15) is 18.5 Å². The molecule has 35 heavy (non-hydrogen) atoms. The van der Waals surface area contributed by atoms with E-state index in [1.54, 1.807) is 54.6 Å². The predicted octanol–water partition coefficient (Wildman–Crippen LogP) is 6.22. The molecule has 0 aromatic heterocycles. The van der Waals surface area contributed by atoms with Gasteiger partial charge in [0, 0.05) is 15.7 Å². The lowest BCUT2D eigenvalue weighted by Crippen LogP contribution is -2.14. The molecule has 0 bridgehead atoms. The normalized spacial score (nSPS) is 11.6. The number of benzene rings is 4. The number of nitriles is 1. The predicted molar refractivity (Wildman–Crippen MR) is 139 cm³/mol. The molecule has 6 nitrogen and oxygen atoms in total. The first-order valence-electron chi connectivity index (χ1n) is 10.5. The van der Waals surface area contributed by atoms with Gasteiger partial charge in [0.05, 0.1) is 0 Å². The number of rotatable bonds is 6. The fourth-order valence-electron chi connectivity index (χ4n) is 3.39. The van der Waals surface area contributed by atoms with Crippen LogP contribution in [-0.2, 0) is 14.9 Å². The molecular formula is C27H19BrN2O4S. The topological polar surface area (TPSA) is 96.3 Å². The van der Waals surface area contributed by atoms with Crippen molar-refractivity contribution in [1.82, 2.24) is 0 Å². The van der Waals surface area contributed by atoms with Gasteiger partial charge >= 0.3 is 10.1 Å². The van der Waals surface area contributed by atoms with Crippen molar-refractivity contribution in [3.8, 4) is 11.8 Å². The molecule has 0 unspecified atom stereocenters. The van der Waals surface area contributed by atoms with Crippen LogP contribution in [-0.4, -0.2) is 14.3 Å². The summed E-state index contributed by atoms with van der Waals surface area (Å²) in [7, 11) is -4.15. The van der Waals surface area contributed by atoms with E-state index in [1.807, 2.05) is 25.1 Å². The van der Waals surface area contributed by atoms with Crippen molar-refractivity contribution in [3.05, 3.63) is 106 Å². The van der Waals surface area contributed by atoms with Crippen molar-refractivity contribution in [2.75, 3.05) is 5.32 Å². The summed E-state index contributed by atoms with van der Waals surface area (Å²) in [5.74, 6) is -0.622. The van der Waals surface area contributed by atoms with Gasteiger partial charge in [-0.25, -0.2) is 0 Å². The number of aryl methyl sites for hydroxylation is 1. The molecule has 0 fully saturated rings. The molecule has 1 amide bonds. The van der Waals surface area contributed by atoms with E-state index in [4.69, 9.17) is 4.18 Å². The standard InChI is InChI=1S/C27H19BrN2O4S/c1-18-6-13-23(14-7-18)35(32,33)34-26-15-8-19-4-2-3-5-24(19)25(26)16-20(17-29)27(31)30-22-11-9-21(28)10-12-22/h2-16H,1H3,(H,30,31)/b20-16+. The lowest BCUT2D eigenvalue weighted by Gasteiger charge is -2.13. The molecule has 1 N–H and O–H groups in total. The Kier molecular flexibility index (Phi) is 7.01. The lowest BCUT2D eigenvalue weighted by molar-refractivity contribution is -0.112. The van der Waals surface area contributed by atoms with Crippen molar-refractivity contribution >= 4 is 54.5 Å². The maximum absolute atomic E-state index is 13.0. The average molecular weight is 547 g/mol. The third kappa shape index (κ3) is 5.60. The van der Waals surface area contributed by atoms with Crippen LogP contribution in [0.25, 0.3) is 16.8 Å². The Morgan fingerprint density at radius 2 is 1.66 bits per heavy atom. The molecule has 0 radical (unpaired) electrons. The Morgan fingerprint density at radius 1 is 0.971 bits per heavy atom. The summed E-state index contributed by atoms with van der Waals surface area (Å²) < 4.78 is 32.3. The highest BCUT2D eigenvalue weighted by atomic mass is 79.9. The second kappa shape index (κ2) is 10.1. The Hall–Kier alpha value is -3.93. The summed E-state index contributed by atoms with van der Waals surface area (Å²) in [6, 6.07) is 25.6. The first-order valence-corrected chi connectivity index (χ1v) is 12.7. The number of nitrogens with zero attached hydrogens (tertiary/aromatic N) is 1. The lowest BCUT2D eigenvalue weighted by atomic mass is 10.0. The van der Waals surface area contributed by atoms with Gasteiger partial charge in [-0.2, -0.15) is 13.7 Å². The number of carbonyl (C=O) groups is 1. The van der Waals surface area contributed by atoms with Crippen molar-refractivity contribution in [2.24, 2.45) is 0 Å². The van der Waals surface area contributed by atoms with E-state index < -0.39 is 16.0 Å². The van der Waals surface area contributed by atoms with Crippen LogP contribution in [0.15, 0.2) is 99.9 Å². The molecule has 0 heterocycles. The smallest absolute Gasteiger partial charge is 0.339 e. The molecule has 8 heteroatoms. The molecule has 0 aliphatic carbocycles. The van der Waals surface area contributed by atoms with Crippen LogP contribution in [0.3, 0.4) is 0 Å². The summed E-state index contributed by atoms with van der Waals surface area (Å²) in [5.41, 5.74) is 1.52. The number of halogens is 1. The van der Waals surface area contributed by atoms with E-state index in [0.717, 1.165) is 15.4 Å². The van der Waals surface area contributed by atoms with Crippen molar-refractivity contribution < 1.29 is 17.4 Å². The van der Waals surface area contributed by atoms with Gasteiger partial charge < -0.3 is 9.50 Å². The van der Waals surface area contributed by atoms with Gasteiger partial charge in [-0.05, 0) is 66.2 Å². The molecular weight excluding hydrogens is 528 g/mol. The van der Waals surface area contributed by atoms with Gasteiger partial charge in [0.1, 0.15) is 16.5 Å². The Morgan fingerprint density at radius 3 is 2.34 bits per heavy atom. The Bertz CT molecular complexity index is 1590. The molecule has 0 aliphatic rings. The quantitative estimate of drug-likeness (QED) is 0.176. The zero-order chi connectivity index (χ0) is 25.0. The van der Waals surface area contributed by atoms with Crippen LogP contribution >= 0.6 is 15.9 Å². The largest absolute Gasteiger partial charge is 0.378 e. The molecule has 4 rings (SSSR count). The molecule has 174 valence electrons. The van der Waals surface area contributed by atoms with Crippen LogP contribution in [0.2, 0.25) is 0 Å². The van der Waals surface area contributed by atoms with Crippen molar-refractivity contribution in [1.29, 1.82) is 5.26 Å². The summed E-state index contributed by atoms with van der Waals surface area (Å²) >= 11 is 3.33. The second-order valence-corrected chi connectivity index (χ2v) is 10.1. The number of nitrogens with one attached hydrogen (secondary N) is 1. The van der Waals surface area contributed by atoms with E-state index in [0.29, 0.717) is 16.6 Å². The zero-order valence-electron chi connectivity index (χ0n) is 18.5. The minimum atomic E-state index is -4.15. The highest BCUT2D eigenvalue weighted by Gasteiger charge is 2.20. The number of amides is 1. The fourth-order valence-corrected chi connectivity index (χ4v) is 4.60. The van der Waals surface area contributed by atoms with E-state index in [-0.39, 0.29) is 16.2 Å². The van der Waals surface area contributed by atoms with Crippen molar-refractivity contribution in [2.45, 2.75) is 11.8 Å². The highest BCUT2D eigenvalue weighted by molar-refractivity contribution is 9.10. The summed E-state index contributed by atoms with van der Waals surface area (Å²) in [6.07, 6.45) is 1.34. The molecule has 4 aromatic rings. The third-order valence-electron chi connectivity index (χ3n) is 5.20. The number of fused-ring (bicyclic) bond motifs is 1. The monoisotopic (exact) mass is 546 g/mol. The summed E-state index contributed by atoms with van der Waals surface area (Å²) in [5, 5.41) is 13.8. The van der Waals surface area contributed by atoms with Gasteiger partial charge in [0.25, 0.3) is 5.91 Å². The highest BCUT2D eigenvalue weighted by Crippen LogP contribution is 2.32. The van der Waals surface area contributed by atoms with Gasteiger partial charge in [0.2, 0.25) is 0 Å². The number of anilines is 1. The minimum Gasteiger partial charge on any atom is -0.378 e. The van der Waals surface area contributed by atoms with E-state index in [2.05, 4.69) is 21.2 Å². The SMILES string of the molecule is Cc1ccc(S(=O)(=O)Oc2ccc3ccccc3c2/C=C(\C#N)C(=O)Nc2ccc(Br)cc2)cc1. The molecule has 0 aliphatic heterocycles. The van der Waals surface area contributed by atoms with Gasteiger partial charge in [-0.3, -0.25) is 4.79 Å². The second-order valence-electron chi connectivity index (χ2n) is 7.68. The Balaban J connectivity index is 1.77. The average Bonchev–Trinajstić information content (AvgIpc) is 2.84. The molecule has 0 saturated carbocycles. The third-order valence-corrected chi connectivity index (χ3v) is 6.97. The van der Waals surface area contributed by atoms with Crippen LogP contribution in [0.4, 0.5) is 5.69 Å². The van der Waals surface area contributed by atoms with Crippen LogP contribution < -0.4 is 9.50 Å². The van der Waals surface area contributed by atoms with E-state index in [1.165, 1.54) is 24.3 Å². The number of hydrogen-bond acceptors (Lipinski definition) is 5. The zero-order valence-corrected chi connectivity index (χ0v) is 20.9. The van der Waals surface area contributed by atoms with Crippen LogP contribution in [0, 0.1) is 18.3 Å². The maximum Gasteiger partial charge on any atom is 0.339 e. The molecule has 4 aromatic carbocycles. The van der Waals surface area contributed by atoms with E-state index >= 15 is 0 Å². The van der Waals surface area contributed by atoms with Crippen LogP contribution in [0.5, 0.6) is 5.75 Å². The van der Waals surface area contributed by atoms with Gasteiger partial charge in [0.15, 0.2) is 5.75 Å². The fraction of sp³-hybridized carbons (Fsp3) is 0.0370. The van der Waals surface area contributed by atoms with Gasteiger partial charge in [-0.15, -0.1) is 0 Å².